The van der Waals surface area contributed by atoms with E-state index in [4.69, 9.17) is 24.4 Å². The zero-order chi connectivity index (χ0) is 44.9. The second-order valence-corrected chi connectivity index (χ2v) is 18.2. The van der Waals surface area contributed by atoms with Gasteiger partial charge in [-0.3, -0.25) is 14.4 Å². The highest BCUT2D eigenvalue weighted by Gasteiger charge is 2.69. The quantitative estimate of drug-likeness (QED) is 0.0607. The number of aldehydes is 1. The normalized spacial score (nSPS) is 26.3. The van der Waals surface area contributed by atoms with Crippen molar-refractivity contribution in [1.82, 2.24) is 10.3 Å². The number of carboxylic acids is 1. The van der Waals surface area contributed by atoms with Crippen molar-refractivity contribution < 1.29 is 53.4 Å². The minimum atomic E-state index is -2.60. The number of aromatic hydroxyl groups is 1. The number of carboxylic acid groups (broad SMARTS) is 1. The zero-order valence-electron chi connectivity index (χ0n) is 34.5. The number of aromatic amines is 1. The van der Waals surface area contributed by atoms with E-state index in [0.29, 0.717) is 18.7 Å². The monoisotopic (exact) mass is 899 g/mol. The molecular formula is C46H49N3O12S2. The standard InChI is InChI=1S/C46H49N3O12S2/c1-3-27-8-4-5-9-28(27)10-6-7-26(2)34-21-49-23-45(57)44(61-40(43(55)56)41(53)46(45,24-50)58-25-63-62-22-35(34)30-17-18-48-20-30)59-32-15-16-33-36(19-32)60-39(42(47)54)37(38(33)52)29-11-13-31(51)14-12-29/h4-6,8-20,24,26,34-35,40-41,44,48-49,51,53,57H,3,7,21-23,25H2,1-2H3,(H2,47,54)(H,55,56)/b10-6+/t26-,34-,35+,40-,41+,44+,45-,46-/m0/s1. The molecule has 0 radical (unpaired) electrons. The van der Waals surface area contributed by atoms with E-state index >= 15 is 0 Å². The highest BCUT2D eigenvalue weighted by molar-refractivity contribution is 8.76. The minimum absolute atomic E-state index is 0.00635. The summed E-state index contributed by atoms with van der Waals surface area (Å²) in [5.41, 5.74) is 3.27. The van der Waals surface area contributed by atoms with Crippen molar-refractivity contribution in [1.29, 1.82) is 0 Å². The van der Waals surface area contributed by atoms with Crippen LogP contribution >= 0.6 is 21.6 Å². The first-order valence-electron chi connectivity index (χ1n) is 20.4. The number of aryl methyl sites for hydroxylation is 1. The van der Waals surface area contributed by atoms with Crippen molar-refractivity contribution in [2.75, 3.05) is 24.8 Å². The Labute approximate surface area is 370 Å². The lowest BCUT2D eigenvalue weighted by Crippen LogP contribution is -2.80. The lowest BCUT2D eigenvalue weighted by molar-refractivity contribution is -0.340. The molecule has 4 heterocycles. The highest BCUT2D eigenvalue weighted by Crippen LogP contribution is 2.44. The first-order chi connectivity index (χ1) is 30.3. The second-order valence-electron chi connectivity index (χ2n) is 15.7. The summed E-state index contributed by atoms with van der Waals surface area (Å²) in [6, 6.07) is 19.7. The number of β-amino-alcohol motifs (C(OH)–C–C–N with tert-alkyl or cyclic N) is 1. The van der Waals surface area contributed by atoms with Crippen molar-refractivity contribution in [3.63, 3.8) is 0 Å². The van der Waals surface area contributed by atoms with Gasteiger partial charge in [-0.2, -0.15) is 0 Å². The lowest BCUT2D eigenvalue weighted by Gasteiger charge is -2.53. The molecule has 2 aromatic heterocycles. The predicted molar refractivity (Wildman–Crippen MR) is 239 cm³/mol. The van der Waals surface area contributed by atoms with Crippen molar-refractivity contribution in [2.45, 2.75) is 62.3 Å². The number of carbonyl (C=O) groups excluding carboxylic acids is 2. The number of ether oxygens (including phenoxy) is 3. The van der Waals surface area contributed by atoms with Crippen LogP contribution in [0.25, 0.3) is 28.2 Å². The molecule has 2 aliphatic heterocycles. The van der Waals surface area contributed by atoms with Gasteiger partial charge < -0.3 is 55.1 Å². The molecule has 8 N–H and O–H groups in total. The third kappa shape index (κ3) is 9.18. The van der Waals surface area contributed by atoms with Crippen LogP contribution in [0.2, 0.25) is 0 Å². The number of aromatic nitrogens is 1. The van der Waals surface area contributed by atoms with Crippen LogP contribution in [0.4, 0.5) is 0 Å². The number of nitrogens with two attached hydrogens (primary N) is 1. The van der Waals surface area contributed by atoms with E-state index < -0.39 is 59.3 Å². The Morgan fingerprint density at radius 2 is 1.87 bits per heavy atom. The van der Waals surface area contributed by atoms with Gasteiger partial charge in [0.2, 0.25) is 17.5 Å². The number of rotatable bonds is 12. The van der Waals surface area contributed by atoms with Gasteiger partial charge in [-0.1, -0.05) is 84.0 Å². The van der Waals surface area contributed by atoms with Crippen molar-refractivity contribution >= 4 is 56.8 Å². The fourth-order valence-corrected chi connectivity index (χ4v) is 10.5. The molecule has 8 atom stereocenters. The first kappa shape index (κ1) is 45.6. The molecule has 0 bridgehead atoms. The fourth-order valence-electron chi connectivity index (χ4n) is 8.46. The second kappa shape index (κ2) is 19.6. The smallest absolute Gasteiger partial charge is 0.335 e. The number of amides is 1. The third-order valence-electron chi connectivity index (χ3n) is 12.0. The number of hydrogen-bond acceptors (Lipinski definition) is 14. The number of allylic oxidation sites excluding steroid dienone is 1. The van der Waals surface area contributed by atoms with Crippen LogP contribution < -0.4 is 21.2 Å². The molecule has 63 heavy (non-hydrogen) atoms. The highest BCUT2D eigenvalue weighted by atomic mass is 33.1. The Hall–Kier alpha value is -5.40. The van der Waals surface area contributed by atoms with E-state index in [1.807, 2.05) is 30.6 Å². The molecule has 3 aromatic carbocycles. The molecule has 5 aromatic rings. The SMILES string of the molecule is CCc1ccccc1/C=C/C[C@H](C)[C@@H]1CNC[C@]2(O)[C@H](Oc3ccc4c(=O)c(-c5ccc(O)cc5)c(C(N)=O)oc4c3)O[C@H](C(=O)O)[C@@H](O)[C@]2(C=O)OCSSC[C@@H]1c1cc[nH]c1. The number of hydrogen-bond donors (Lipinski definition) is 7. The molecule has 0 saturated carbocycles. The maximum atomic E-state index is 13.8. The van der Waals surface area contributed by atoms with Gasteiger partial charge in [-0.05, 0) is 89.7 Å². The maximum absolute atomic E-state index is 13.8. The molecule has 17 heteroatoms. The van der Waals surface area contributed by atoms with Gasteiger partial charge in [-0.25, -0.2) is 4.79 Å². The molecular weight excluding hydrogens is 851 g/mol. The van der Waals surface area contributed by atoms with Gasteiger partial charge in [0, 0.05) is 30.8 Å². The van der Waals surface area contributed by atoms with Crippen LogP contribution in [0.1, 0.15) is 53.4 Å². The van der Waals surface area contributed by atoms with Crippen molar-refractivity contribution in [2.24, 2.45) is 17.6 Å². The molecule has 2 saturated heterocycles. The van der Waals surface area contributed by atoms with Gasteiger partial charge in [-0.15, -0.1) is 0 Å². The molecule has 2 fully saturated rings. The molecule has 2 aliphatic rings. The largest absolute Gasteiger partial charge is 0.508 e. The van der Waals surface area contributed by atoms with E-state index in [1.54, 1.807) is 0 Å². The summed E-state index contributed by atoms with van der Waals surface area (Å²) in [6.45, 7) is 4.09. The van der Waals surface area contributed by atoms with Gasteiger partial charge in [0.15, 0.2) is 23.6 Å². The predicted octanol–water partition coefficient (Wildman–Crippen LogP) is 5.47. The van der Waals surface area contributed by atoms with E-state index in [1.165, 1.54) is 69.6 Å². The van der Waals surface area contributed by atoms with Crippen LogP contribution in [0.15, 0.2) is 100 Å². The number of aliphatic hydroxyl groups is 2. The number of fused-ring (bicyclic) bond motifs is 2. The average Bonchev–Trinajstić information content (AvgIpc) is 3.81. The van der Waals surface area contributed by atoms with Crippen molar-refractivity contribution in [3.8, 4) is 22.6 Å². The first-order valence-corrected chi connectivity index (χ1v) is 22.9. The molecule has 332 valence electrons. The average molecular weight is 900 g/mol. The van der Waals surface area contributed by atoms with E-state index in [0.717, 1.165) is 17.5 Å². The van der Waals surface area contributed by atoms with Crippen LogP contribution in [-0.4, -0.2) is 98.1 Å². The molecule has 0 unspecified atom stereocenters. The number of H-pyrrole nitrogens is 1. The number of phenolic OH excluding ortho intramolecular Hbond substituents is 1. The summed E-state index contributed by atoms with van der Waals surface area (Å²) in [7, 11) is 2.72. The Kier molecular flexibility index (Phi) is 14.2. The van der Waals surface area contributed by atoms with E-state index in [2.05, 4.69) is 48.4 Å². The summed E-state index contributed by atoms with van der Waals surface area (Å²) in [5, 5.41) is 47.8. The summed E-state index contributed by atoms with van der Waals surface area (Å²) < 4.78 is 24.0. The van der Waals surface area contributed by atoms with Gasteiger partial charge in [0.05, 0.1) is 10.9 Å². The number of nitrogens with one attached hydrogen (secondary N) is 2. The molecule has 0 spiro atoms. The Bertz CT molecular complexity index is 2510. The van der Waals surface area contributed by atoms with Gasteiger partial charge >= 0.3 is 5.97 Å². The van der Waals surface area contributed by atoms with Gasteiger partial charge in [0.1, 0.15) is 29.1 Å². The van der Waals surface area contributed by atoms with Crippen LogP contribution in [0.3, 0.4) is 0 Å². The number of phenols is 1. The third-order valence-corrected chi connectivity index (χ3v) is 14.0. The lowest BCUT2D eigenvalue weighted by atomic mass is 9.73. The number of aliphatic carboxylic acids is 1. The summed E-state index contributed by atoms with van der Waals surface area (Å²) >= 11 is 0. The Balaban J connectivity index is 1.24. The number of primary amides is 1. The summed E-state index contributed by atoms with van der Waals surface area (Å²) in [5.74, 6) is -2.95. The maximum Gasteiger partial charge on any atom is 0.335 e. The zero-order valence-corrected chi connectivity index (χ0v) is 36.1. The van der Waals surface area contributed by atoms with Gasteiger partial charge in [0.25, 0.3) is 5.91 Å². The number of benzene rings is 3. The summed E-state index contributed by atoms with van der Waals surface area (Å²) in [6.07, 6.45) is 3.64. The Morgan fingerprint density at radius 1 is 1.10 bits per heavy atom. The van der Waals surface area contributed by atoms with Crippen LogP contribution in [0, 0.1) is 11.8 Å². The molecule has 1 amide bonds. The minimum Gasteiger partial charge on any atom is -0.508 e. The Morgan fingerprint density at radius 3 is 2.57 bits per heavy atom. The molecule has 0 aliphatic carbocycles. The number of aliphatic hydroxyl groups excluding tert-OH is 1. The van der Waals surface area contributed by atoms with Crippen molar-refractivity contribution in [3.05, 3.63) is 124 Å². The summed E-state index contributed by atoms with van der Waals surface area (Å²) in [4.78, 5) is 55.6. The molecule has 7 rings (SSSR count). The molecule has 15 nitrogen and oxygen atoms in total. The van der Waals surface area contributed by atoms with E-state index in [-0.39, 0.29) is 63.6 Å². The van der Waals surface area contributed by atoms with Crippen LogP contribution in [-0.2, 0) is 25.5 Å². The van der Waals surface area contributed by atoms with E-state index in [9.17, 15) is 39.6 Å². The fraction of sp³-hybridized carbons (Fsp3) is 0.348. The van der Waals surface area contributed by atoms with Crippen LogP contribution in [0.5, 0.6) is 11.5 Å². The topological polar surface area (TPSA) is 244 Å². The number of carbonyl (C=O) groups is 3.